The third kappa shape index (κ3) is 3.86. The fourth-order valence-electron chi connectivity index (χ4n) is 1.58. The Labute approximate surface area is 124 Å². The first-order valence-electron chi connectivity index (χ1n) is 5.79. The number of nitrogens with two attached hydrogens (primary N) is 1. The van der Waals surface area contributed by atoms with E-state index in [9.17, 15) is 4.79 Å². The first kappa shape index (κ1) is 14.2. The summed E-state index contributed by atoms with van der Waals surface area (Å²) >= 11 is 4.98. The number of nitrogens with zero attached hydrogens (tertiary/aromatic N) is 1. The molecule has 0 aliphatic heterocycles. The molecular formula is C13H14BrN3OS. The van der Waals surface area contributed by atoms with Crippen LogP contribution in [0.15, 0.2) is 34.1 Å². The van der Waals surface area contributed by atoms with E-state index in [2.05, 4.69) is 26.2 Å². The molecule has 2 aromatic rings. The molecule has 19 heavy (non-hydrogen) atoms. The van der Waals surface area contributed by atoms with Crippen LogP contribution in [0.5, 0.6) is 0 Å². The highest BCUT2D eigenvalue weighted by molar-refractivity contribution is 9.10. The molecule has 0 unspecified atom stereocenters. The van der Waals surface area contributed by atoms with Gasteiger partial charge in [0.05, 0.1) is 18.3 Å². The lowest BCUT2D eigenvalue weighted by atomic mass is 10.2. The monoisotopic (exact) mass is 339 g/mol. The molecule has 0 bridgehead atoms. The molecule has 1 atom stereocenters. The second-order valence-electron chi connectivity index (χ2n) is 4.15. The van der Waals surface area contributed by atoms with Crippen LogP contribution in [0.25, 0.3) is 11.3 Å². The van der Waals surface area contributed by atoms with Crippen LogP contribution < -0.4 is 11.1 Å². The maximum absolute atomic E-state index is 10.7. The molecule has 1 heterocycles. The van der Waals surface area contributed by atoms with Crippen molar-refractivity contribution in [2.75, 3.05) is 6.54 Å². The number of carbonyl (C=O) groups excluding carboxylic acids is 1. The summed E-state index contributed by atoms with van der Waals surface area (Å²) in [5.41, 5.74) is 7.13. The molecular weight excluding hydrogens is 326 g/mol. The van der Waals surface area contributed by atoms with Gasteiger partial charge in [-0.2, -0.15) is 0 Å². The molecule has 0 saturated heterocycles. The molecule has 3 N–H and O–H groups in total. The van der Waals surface area contributed by atoms with Crippen LogP contribution in [0.4, 0.5) is 0 Å². The van der Waals surface area contributed by atoms with E-state index < -0.39 is 0 Å². The van der Waals surface area contributed by atoms with Crippen molar-refractivity contribution in [3.63, 3.8) is 0 Å². The summed E-state index contributed by atoms with van der Waals surface area (Å²) in [4.78, 5) is 15.3. The lowest BCUT2D eigenvalue weighted by molar-refractivity contribution is -0.117. The number of amides is 1. The number of benzene rings is 1. The van der Waals surface area contributed by atoms with E-state index in [4.69, 9.17) is 5.73 Å². The molecule has 2 rings (SSSR count). The Morgan fingerprint density at radius 3 is 2.79 bits per heavy atom. The smallest absolute Gasteiger partial charge is 0.231 e. The van der Waals surface area contributed by atoms with E-state index in [0.717, 1.165) is 20.7 Å². The van der Waals surface area contributed by atoms with Gasteiger partial charge in [0.1, 0.15) is 5.01 Å². The minimum absolute atomic E-state index is 0.0155. The predicted molar refractivity (Wildman–Crippen MR) is 80.9 cm³/mol. The quantitative estimate of drug-likeness (QED) is 0.879. The number of hydrogen-bond donors (Lipinski definition) is 2. The van der Waals surface area contributed by atoms with Crippen molar-refractivity contribution in [2.24, 2.45) is 5.73 Å². The van der Waals surface area contributed by atoms with E-state index in [1.807, 2.05) is 36.6 Å². The standard InChI is InChI=1S/C13H14BrN3OS/c1-8(16-6-12(15)18)13-17-11(7-19-13)9-2-4-10(14)5-3-9/h2-5,7-8,16H,6H2,1H3,(H2,15,18)/t8-/m0/s1. The van der Waals surface area contributed by atoms with E-state index in [-0.39, 0.29) is 18.5 Å². The lowest BCUT2D eigenvalue weighted by Gasteiger charge is -2.08. The van der Waals surface area contributed by atoms with Crippen LogP contribution in [0.1, 0.15) is 18.0 Å². The summed E-state index contributed by atoms with van der Waals surface area (Å²) in [6.07, 6.45) is 0. The van der Waals surface area contributed by atoms with Gasteiger partial charge in [-0.1, -0.05) is 28.1 Å². The highest BCUT2D eigenvalue weighted by Gasteiger charge is 2.11. The van der Waals surface area contributed by atoms with Gasteiger partial charge in [-0.15, -0.1) is 11.3 Å². The fourth-order valence-corrected chi connectivity index (χ4v) is 2.70. The van der Waals surface area contributed by atoms with Crippen LogP contribution in [0.2, 0.25) is 0 Å². The highest BCUT2D eigenvalue weighted by atomic mass is 79.9. The number of primary amides is 1. The molecule has 0 radical (unpaired) electrons. The Hall–Kier alpha value is -1.24. The molecule has 0 spiro atoms. The molecule has 100 valence electrons. The first-order valence-corrected chi connectivity index (χ1v) is 7.46. The molecule has 0 fully saturated rings. The number of carbonyl (C=O) groups is 1. The van der Waals surface area contributed by atoms with Gasteiger partial charge in [0, 0.05) is 15.4 Å². The van der Waals surface area contributed by atoms with E-state index in [0.29, 0.717) is 0 Å². The maximum atomic E-state index is 10.7. The van der Waals surface area contributed by atoms with Crippen molar-refractivity contribution in [3.8, 4) is 11.3 Å². The molecule has 6 heteroatoms. The number of rotatable bonds is 5. The summed E-state index contributed by atoms with van der Waals surface area (Å²) in [5, 5.41) is 6.00. The highest BCUT2D eigenvalue weighted by Crippen LogP contribution is 2.26. The number of aromatic nitrogens is 1. The molecule has 0 aliphatic rings. The number of thiazole rings is 1. The average molecular weight is 340 g/mol. The van der Waals surface area contributed by atoms with Crippen molar-refractivity contribution in [1.29, 1.82) is 0 Å². The Balaban J connectivity index is 2.10. The molecule has 0 aliphatic carbocycles. The Kier molecular flexibility index (Phi) is 4.68. The van der Waals surface area contributed by atoms with Crippen molar-refractivity contribution in [2.45, 2.75) is 13.0 Å². The van der Waals surface area contributed by atoms with Gasteiger partial charge in [0.2, 0.25) is 5.91 Å². The van der Waals surface area contributed by atoms with E-state index >= 15 is 0 Å². The molecule has 0 saturated carbocycles. The van der Waals surface area contributed by atoms with Crippen molar-refractivity contribution in [1.82, 2.24) is 10.3 Å². The predicted octanol–water partition coefficient (Wildman–Crippen LogP) is 2.71. The Bertz CT molecular complexity index is 568. The van der Waals surface area contributed by atoms with Crippen molar-refractivity contribution in [3.05, 3.63) is 39.1 Å². The summed E-state index contributed by atoms with van der Waals surface area (Å²) in [6, 6.07) is 8.03. The molecule has 1 aromatic heterocycles. The second-order valence-corrected chi connectivity index (χ2v) is 5.95. The number of nitrogens with one attached hydrogen (secondary N) is 1. The summed E-state index contributed by atoms with van der Waals surface area (Å²) in [7, 11) is 0. The SMILES string of the molecule is C[C@H](NCC(N)=O)c1nc(-c2ccc(Br)cc2)cs1. The average Bonchev–Trinajstić information content (AvgIpc) is 2.86. The topological polar surface area (TPSA) is 68.0 Å². The van der Waals surface area contributed by atoms with Crippen LogP contribution in [-0.4, -0.2) is 17.4 Å². The second kappa shape index (κ2) is 6.27. The zero-order valence-electron chi connectivity index (χ0n) is 10.4. The largest absolute Gasteiger partial charge is 0.369 e. The van der Waals surface area contributed by atoms with Gasteiger partial charge in [-0.25, -0.2) is 4.98 Å². The van der Waals surface area contributed by atoms with Gasteiger partial charge in [0.15, 0.2) is 0 Å². The van der Waals surface area contributed by atoms with Crippen molar-refractivity contribution >= 4 is 33.2 Å². The van der Waals surface area contributed by atoms with Gasteiger partial charge in [0.25, 0.3) is 0 Å². The molecule has 4 nitrogen and oxygen atoms in total. The van der Waals surface area contributed by atoms with Gasteiger partial charge in [-0.3, -0.25) is 10.1 Å². The van der Waals surface area contributed by atoms with Gasteiger partial charge < -0.3 is 5.73 Å². The van der Waals surface area contributed by atoms with Crippen LogP contribution in [0.3, 0.4) is 0 Å². The maximum Gasteiger partial charge on any atom is 0.231 e. The van der Waals surface area contributed by atoms with Gasteiger partial charge >= 0.3 is 0 Å². The van der Waals surface area contributed by atoms with E-state index in [1.54, 1.807) is 11.3 Å². The molecule has 1 amide bonds. The Morgan fingerprint density at radius 2 is 2.16 bits per heavy atom. The third-order valence-corrected chi connectivity index (χ3v) is 4.17. The lowest BCUT2D eigenvalue weighted by Crippen LogP contribution is -2.30. The van der Waals surface area contributed by atoms with Crippen LogP contribution in [-0.2, 0) is 4.79 Å². The number of hydrogen-bond acceptors (Lipinski definition) is 4. The molecule has 1 aromatic carbocycles. The minimum Gasteiger partial charge on any atom is -0.369 e. The summed E-state index contributed by atoms with van der Waals surface area (Å²) in [6.45, 7) is 2.13. The van der Waals surface area contributed by atoms with Crippen LogP contribution in [0, 0.1) is 0 Å². The van der Waals surface area contributed by atoms with E-state index in [1.165, 1.54) is 0 Å². The normalized spacial score (nSPS) is 12.3. The fraction of sp³-hybridized carbons (Fsp3) is 0.231. The van der Waals surface area contributed by atoms with Crippen molar-refractivity contribution < 1.29 is 4.79 Å². The zero-order chi connectivity index (χ0) is 13.8. The zero-order valence-corrected chi connectivity index (χ0v) is 12.8. The number of halogens is 1. The first-order chi connectivity index (χ1) is 9.06. The summed E-state index contributed by atoms with van der Waals surface area (Å²) < 4.78 is 1.04. The Morgan fingerprint density at radius 1 is 1.47 bits per heavy atom. The van der Waals surface area contributed by atoms with Crippen LogP contribution >= 0.6 is 27.3 Å². The third-order valence-electron chi connectivity index (χ3n) is 2.61. The van der Waals surface area contributed by atoms with Gasteiger partial charge in [-0.05, 0) is 19.1 Å². The summed E-state index contributed by atoms with van der Waals surface area (Å²) in [5.74, 6) is -0.364. The minimum atomic E-state index is -0.364.